The monoisotopic (exact) mass is 259 g/mol. The van der Waals surface area contributed by atoms with Gasteiger partial charge in [0.25, 0.3) is 0 Å². The van der Waals surface area contributed by atoms with Crippen LogP contribution in [0.25, 0.3) is 0 Å². The van der Waals surface area contributed by atoms with E-state index in [2.05, 4.69) is 5.32 Å². The van der Waals surface area contributed by atoms with Gasteiger partial charge in [-0.1, -0.05) is 0 Å². The van der Waals surface area contributed by atoms with Gasteiger partial charge in [-0.2, -0.15) is 0 Å². The van der Waals surface area contributed by atoms with E-state index >= 15 is 0 Å². The Kier molecular flexibility index (Phi) is 4.90. The number of likely N-dealkylation sites (tertiary alicyclic amines) is 1. The first-order valence-corrected chi connectivity index (χ1v) is 5.64. The van der Waals surface area contributed by atoms with Crippen LogP contribution in [-0.2, 0) is 9.59 Å². The molecule has 0 aromatic rings. The van der Waals surface area contributed by atoms with Crippen molar-refractivity contribution in [3.05, 3.63) is 0 Å². The number of carboxylic acid groups (broad SMARTS) is 1. The van der Waals surface area contributed by atoms with E-state index in [1.807, 2.05) is 0 Å². The minimum absolute atomic E-state index is 0.179. The molecule has 1 heterocycles. The van der Waals surface area contributed by atoms with Crippen molar-refractivity contribution < 1.29 is 24.6 Å². The Morgan fingerprint density at radius 1 is 1.44 bits per heavy atom. The van der Waals surface area contributed by atoms with Crippen molar-refractivity contribution in [2.75, 3.05) is 19.7 Å². The maximum Gasteiger partial charge on any atom is 0.328 e. The highest BCUT2D eigenvalue weighted by Crippen LogP contribution is 2.16. The first-order chi connectivity index (χ1) is 8.45. The summed E-state index contributed by atoms with van der Waals surface area (Å²) in [7, 11) is 0. The predicted molar refractivity (Wildman–Crippen MR) is 60.5 cm³/mol. The van der Waals surface area contributed by atoms with Crippen LogP contribution in [0.4, 0.5) is 4.79 Å². The Morgan fingerprint density at radius 2 is 2.11 bits per heavy atom. The molecule has 3 amide bonds. The van der Waals surface area contributed by atoms with Gasteiger partial charge in [-0.05, 0) is 12.8 Å². The minimum atomic E-state index is -1.32. The van der Waals surface area contributed by atoms with Crippen molar-refractivity contribution in [2.24, 2.45) is 11.7 Å². The number of nitrogens with one attached hydrogen (secondary N) is 1. The molecule has 0 aromatic heterocycles. The fraction of sp³-hybridized carbons (Fsp3) is 0.700. The number of piperidine rings is 1. The summed E-state index contributed by atoms with van der Waals surface area (Å²) in [5.74, 6) is -2.27. The number of carboxylic acids is 1. The van der Waals surface area contributed by atoms with Crippen molar-refractivity contribution in [2.45, 2.75) is 18.9 Å². The molecule has 18 heavy (non-hydrogen) atoms. The lowest BCUT2D eigenvalue weighted by atomic mass is 9.97. The van der Waals surface area contributed by atoms with Crippen molar-refractivity contribution >= 4 is 17.9 Å². The van der Waals surface area contributed by atoms with E-state index in [0.717, 1.165) is 0 Å². The molecule has 2 unspecified atom stereocenters. The summed E-state index contributed by atoms with van der Waals surface area (Å²) in [5.41, 5.74) is 5.13. The van der Waals surface area contributed by atoms with Crippen LogP contribution in [0.5, 0.6) is 0 Å². The fourth-order valence-corrected chi connectivity index (χ4v) is 1.87. The lowest BCUT2D eigenvalue weighted by Gasteiger charge is -2.31. The van der Waals surface area contributed by atoms with Crippen LogP contribution in [0.3, 0.4) is 0 Å². The molecule has 8 heteroatoms. The summed E-state index contributed by atoms with van der Waals surface area (Å²) in [4.78, 5) is 34.8. The molecule has 102 valence electrons. The number of nitrogens with two attached hydrogens (primary N) is 1. The molecule has 1 aliphatic rings. The fourth-order valence-electron chi connectivity index (χ4n) is 1.87. The number of hydrogen-bond donors (Lipinski definition) is 4. The minimum Gasteiger partial charge on any atom is -0.480 e. The second-order valence-electron chi connectivity index (χ2n) is 4.21. The summed E-state index contributed by atoms with van der Waals surface area (Å²) in [6, 6.07) is -1.91. The molecular weight excluding hydrogens is 242 g/mol. The van der Waals surface area contributed by atoms with Gasteiger partial charge in [0, 0.05) is 13.1 Å². The SMILES string of the molecule is NC(=O)N1CCCC(C(=O)NC(CO)C(=O)O)C1. The van der Waals surface area contributed by atoms with E-state index in [9.17, 15) is 14.4 Å². The zero-order valence-electron chi connectivity index (χ0n) is 9.83. The smallest absolute Gasteiger partial charge is 0.328 e. The zero-order valence-corrected chi connectivity index (χ0v) is 9.83. The highest BCUT2D eigenvalue weighted by Gasteiger charge is 2.29. The van der Waals surface area contributed by atoms with Gasteiger partial charge in [0.05, 0.1) is 12.5 Å². The Labute approximate surface area is 104 Å². The van der Waals surface area contributed by atoms with Gasteiger partial charge in [0.15, 0.2) is 0 Å². The van der Waals surface area contributed by atoms with Gasteiger partial charge >= 0.3 is 12.0 Å². The summed E-state index contributed by atoms with van der Waals surface area (Å²) < 4.78 is 0. The largest absolute Gasteiger partial charge is 0.480 e. The van der Waals surface area contributed by atoms with Crippen LogP contribution in [0, 0.1) is 5.92 Å². The third-order valence-corrected chi connectivity index (χ3v) is 2.90. The van der Waals surface area contributed by atoms with E-state index in [-0.39, 0.29) is 6.54 Å². The second-order valence-corrected chi connectivity index (χ2v) is 4.21. The van der Waals surface area contributed by atoms with E-state index in [0.29, 0.717) is 19.4 Å². The molecule has 1 aliphatic heterocycles. The lowest BCUT2D eigenvalue weighted by Crippen LogP contribution is -2.51. The quantitative estimate of drug-likeness (QED) is 0.479. The van der Waals surface area contributed by atoms with Gasteiger partial charge in [0.1, 0.15) is 6.04 Å². The number of nitrogens with zero attached hydrogens (tertiary/aromatic N) is 1. The standard InChI is InChI=1S/C10H17N3O5/c11-10(18)13-3-1-2-6(4-13)8(15)12-7(5-14)9(16)17/h6-7,14H,1-5H2,(H2,11,18)(H,12,15)(H,16,17). The van der Waals surface area contributed by atoms with Crippen molar-refractivity contribution in [3.8, 4) is 0 Å². The van der Waals surface area contributed by atoms with Crippen molar-refractivity contribution in [1.82, 2.24) is 10.2 Å². The maximum absolute atomic E-state index is 11.8. The molecule has 0 spiro atoms. The number of hydrogen-bond acceptors (Lipinski definition) is 4. The number of aliphatic hydroxyl groups excluding tert-OH is 1. The maximum atomic E-state index is 11.8. The number of carbonyl (C=O) groups is 3. The lowest BCUT2D eigenvalue weighted by molar-refractivity contribution is -0.143. The van der Waals surface area contributed by atoms with E-state index < -0.39 is 36.5 Å². The molecular formula is C10H17N3O5. The first-order valence-electron chi connectivity index (χ1n) is 5.64. The average molecular weight is 259 g/mol. The Bertz CT molecular complexity index is 346. The normalized spacial score (nSPS) is 21.2. The summed E-state index contributed by atoms with van der Waals surface area (Å²) in [6.45, 7) is 0.00767. The summed E-state index contributed by atoms with van der Waals surface area (Å²) >= 11 is 0. The van der Waals surface area contributed by atoms with Crippen LogP contribution in [0.15, 0.2) is 0 Å². The molecule has 8 nitrogen and oxygen atoms in total. The molecule has 0 saturated carbocycles. The number of aliphatic carboxylic acids is 1. The molecule has 0 aliphatic carbocycles. The molecule has 5 N–H and O–H groups in total. The Morgan fingerprint density at radius 3 is 2.61 bits per heavy atom. The topological polar surface area (TPSA) is 133 Å². The molecule has 1 rings (SSSR count). The van der Waals surface area contributed by atoms with Crippen molar-refractivity contribution in [1.29, 1.82) is 0 Å². The van der Waals surface area contributed by atoms with E-state index in [1.54, 1.807) is 0 Å². The third-order valence-electron chi connectivity index (χ3n) is 2.90. The van der Waals surface area contributed by atoms with Crippen LogP contribution < -0.4 is 11.1 Å². The van der Waals surface area contributed by atoms with E-state index in [1.165, 1.54) is 4.90 Å². The number of primary amides is 1. The molecule has 1 saturated heterocycles. The summed E-state index contributed by atoms with van der Waals surface area (Å²) in [6.07, 6.45) is 1.20. The highest BCUT2D eigenvalue weighted by atomic mass is 16.4. The van der Waals surface area contributed by atoms with Crippen LogP contribution in [-0.4, -0.2) is 58.8 Å². The Hall–Kier alpha value is -1.83. The predicted octanol–water partition coefficient (Wildman–Crippen LogP) is -1.66. The van der Waals surface area contributed by atoms with Crippen molar-refractivity contribution in [3.63, 3.8) is 0 Å². The van der Waals surface area contributed by atoms with E-state index in [4.69, 9.17) is 15.9 Å². The summed E-state index contributed by atoms with van der Waals surface area (Å²) in [5, 5.41) is 19.7. The van der Waals surface area contributed by atoms with Gasteiger partial charge in [-0.25, -0.2) is 9.59 Å². The van der Waals surface area contributed by atoms with Gasteiger partial charge in [-0.3, -0.25) is 4.79 Å². The number of urea groups is 1. The number of rotatable bonds is 4. The molecule has 0 radical (unpaired) electrons. The second kappa shape index (κ2) is 6.20. The van der Waals surface area contributed by atoms with Crippen LogP contribution >= 0.6 is 0 Å². The molecule has 0 bridgehead atoms. The van der Waals surface area contributed by atoms with Crippen LogP contribution in [0.1, 0.15) is 12.8 Å². The van der Waals surface area contributed by atoms with Crippen LogP contribution in [0.2, 0.25) is 0 Å². The highest BCUT2D eigenvalue weighted by molar-refractivity contribution is 5.85. The number of amides is 3. The number of aliphatic hydroxyl groups is 1. The van der Waals surface area contributed by atoms with Gasteiger partial charge < -0.3 is 26.2 Å². The Balaban J connectivity index is 2.55. The third kappa shape index (κ3) is 3.59. The zero-order chi connectivity index (χ0) is 13.7. The van der Waals surface area contributed by atoms with Gasteiger partial charge in [-0.15, -0.1) is 0 Å². The molecule has 0 aromatic carbocycles. The number of carbonyl (C=O) groups excluding carboxylic acids is 2. The average Bonchev–Trinajstić information content (AvgIpc) is 2.35. The first kappa shape index (κ1) is 14.2. The molecule has 2 atom stereocenters. The molecule has 1 fully saturated rings. The van der Waals surface area contributed by atoms with Gasteiger partial charge in [0.2, 0.25) is 5.91 Å².